The van der Waals surface area contributed by atoms with E-state index < -0.39 is 15.4 Å². The topological polar surface area (TPSA) is 99.1 Å². The number of nitrogens with two attached hydrogens (primary N) is 1. The second-order valence-corrected chi connectivity index (χ2v) is 9.05. The van der Waals surface area contributed by atoms with E-state index in [0.29, 0.717) is 17.3 Å². The minimum Gasteiger partial charge on any atom is -0.334 e. The van der Waals surface area contributed by atoms with Crippen molar-refractivity contribution < 1.29 is 12.9 Å². The Morgan fingerprint density at radius 1 is 1.04 bits per heavy atom. The van der Waals surface area contributed by atoms with E-state index in [1.165, 1.54) is 0 Å². The van der Waals surface area contributed by atoms with Crippen molar-refractivity contribution in [1.82, 2.24) is 10.1 Å². The summed E-state index contributed by atoms with van der Waals surface area (Å²) in [7, 11) is -3.48. The predicted octanol–water partition coefficient (Wildman–Crippen LogP) is 3.86. The smallest absolute Gasteiger partial charge is 0.258 e. The van der Waals surface area contributed by atoms with Crippen molar-refractivity contribution in [2.24, 2.45) is 5.73 Å². The van der Waals surface area contributed by atoms with E-state index in [1.807, 2.05) is 18.2 Å². The maximum absolute atomic E-state index is 12.8. The molecule has 1 aliphatic rings. The average molecular weight is 420 g/mol. The number of rotatable bonds is 5. The molecule has 4 rings (SSSR count). The van der Waals surface area contributed by atoms with Crippen LogP contribution in [-0.4, -0.2) is 18.6 Å². The van der Waals surface area contributed by atoms with Crippen LogP contribution >= 0.6 is 12.4 Å². The third-order valence-electron chi connectivity index (χ3n) is 5.01. The third-order valence-corrected chi connectivity index (χ3v) is 6.69. The SMILES string of the molecule is Cl.NC1(c2noc(-c3cccc(S(=O)(=O)Cc4ccccc4)c3)n2)CCCC1. The summed E-state index contributed by atoms with van der Waals surface area (Å²) in [5, 5.41) is 4.05. The zero-order chi connectivity index (χ0) is 18.9. The van der Waals surface area contributed by atoms with Gasteiger partial charge in [0.25, 0.3) is 5.89 Å². The zero-order valence-electron chi connectivity index (χ0n) is 15.2. The van der Waals surface area contributed by atoms with Crippen LogP contribution in [0, 0.1) is 0 Å². The van der Waals surface area contributed by atoms with Gasteiger partial charge in [-0.05, 0) is 36.6 Å². The van der Waals surface area contributed by atoms with Gasteiger partial charge in [-0.2, -0.15) is 4.98 Å². The number of nitrogens with zero attached hydrogens (tertiary/aromatic N) is 2. The molecule has 0 radical (unpaired) electrons. The molecule has 1 saturated carbocycles. The molecule has 2 aromatic carbocycles. The summed E-state index contributed by atoms with van der Waals surface area (Å²) in [4.78, 5) is 4.67. The number of aromatic nitrogens is 2. The molecule has 148 valence electrons. The first kappa shape index (κ1) is 20.5. The lowest BCUT2D eigenvalue weighted by Gasteiger charge is -2.17. The van der Waals surface area contributed by atoms with Crippen LogP contribution in [0.2, 0.25) is 0 Å². The Balaban J connectivity index is 0.00000225. The summed E-state index contributed by atoms with van der Waals surface area (Å²) >= 11 is 0. The summed E-state index contributed by atoms with van der Waals surface area (Å²) in [5.41, 5.74) is 7.15. The molecule has 0 amide bonds. The number of halogens is 1. The summed E-state index contributed by atoms with van der Waals surface area (Å²) < 4.78 is 30.9. The highest BCUT2D eigenvalue weighted by Crippen LogP contribution is 2.35. The van der Waals surface area contributed by atoms with Crippen molar-refractivity contribution in [2.75, 3.05) is 0 Å². The van der Waals surface area contributed by atoms with Crippen LogP contribution in [0.3, 0.4) is 0 Å². The van der Waals surface area contributed by atoms with Crippen LogP contribution in [0.4, 0.5) is 0 Å². The van der Waals surface area contributed by atoms with E-state index in [4.69, 9.17) is 10.3 Å². The monoisotopic (exact) mass is 419 g/mol. The Labute approximate surface area is 170 Å². The zero-order valence-corrected chi connectivity index (χ0v) is 16.9. The highest BCUT2D eigenvalue weighted by Gasteiger charge is 2.36. The molecule has 0 unspecified atom stereocenters. The van der Waals surface area contributed by atoms with Crippen molar-refractivity contribution in [3.63, 3.8) is 0 Å². The van der Waals surface area contributed by atoms with E-state index in [1.54, 1.807) is 36.4 Å². The molecule has 1 fully saturated rings. The van der Waals surface area contributed by atoms with Crippen LogP contribution in [0.15, 0.2) is 64.0 Å². The molecule has 1 aromatic heterocycles. The van der Waals surface area contributed by atoms with Gasteiger partial charge in [0.1, 0.15) is 0 Å². The maximum Gasteiger partial charge on any atom is 0.258 e. The van der Waals surface area contributed by atoms with Crippen molar-refractivity contribution in [3.8, 4) is 11.5 Å². The molecular weight excluding hydrogens is 398 g/mol. The number of hydrogen-bond donors (Lipinski definition) is 1. The Morgan fingerprint density at radius 3 is 2.46 bits per heavy atom. The third kappa shape index (κ3) is 4.11. The summed E-state index contributed by atoms with van der Waals surface area (Å²) in [6.45, 7) is 0. The molecule has 0 bridgehead atoms. The second kappa shape index (κ2) is 8.03. The van der Waals surface area contributed by atoms with E-state index in [9.17, 15) is 8.42 Å². The number of sulfone groups is 1. The predicted molar refractivity (Wildman–Crippen MR) is 109 cm³/mol. The fourth-order valence-electron chi connectivity index (χ4n) is 3.47. The highest BCUT2D eigenvalue weighted by molar-refractivity contribution is 7.90. The first-order valence-corrected chi connectivity index (χ1v) is 10.6. The van der Waals surface area contributed by atoms with E-state index in [0.717, 1.165) is 31.2 Å². The highest BCUT2D eigenvalue weighted by atomic mass is 35.5. The Kier molecular flexibility index (Phi) is 5.88. The van der Waals surface area contributed by atoms with Gasteiger partial charge >= 0.3 is 0 Å². The van der Waals surface area contributed by atoms with Gasteiger partial charge in [0.2, 0.25) is 0 Å². The normalized spacial score (nSPS) is 15.9. The lowest BCUT2D eigenvalue weighted by atomic mass is 9.99. The van der Waals surface area contributed by atoms with Crippen LogP contribution in [0.5, 0.6) is 0 Å². The molecule has 1 aliphatic carbocycles. The Bertz CT molecular complexity index is 1050. The fraction of sp³-hybridized carbons (Fsp3) is 0.300. The van der Waals surface area contributed by atoms with Crippen LogP contribution in [0.25, 0.3) is 11.5 Å². The Hall–Kier alpha value is -2.22. The lowest BCUT2D eigenvalue weighted by Crippen LogP contribution is -2.34. The fourth-order valence-corrected chi connectivity index (χ4v) is 4.86. The molecular formula is C20H22ClN3O3S. The molecule has 0 spiro atoms. The standard InChI is InChI=1S/C20H21N3O3S.ClH/c21-20(11-4-5-12-20)19-22-18(26-23-19)16-9-6-10-17(13-16)27(24,25)14-15-7-2-1-3-8-15;/h1-3,6-10,13H,4-5,11-12,14,21H2;1H. The minimum atomic E-state index is -3.48. The molecule has 6 nitrogen and oxygen atoms in total. The number of hydrogen-bond acceptors (Lipinski definition) is 6. The second-order valence-electron chi connectivity index (χ2n) is 7.06. The van der Waals surface area contributed by atoms with Gasteiger partial charge in [-0.25, -0.2) is 8.42 Å². The van der Waals surface area contributed by atoms with Crippen molar-refractivity contribution in [3.05, 3.63) is 66.0 Å². The molecule has 2 N–H and O–H groups in total. The van der Waals surface area contributed by atoms with Gasteiger partial charge in [0.05, 0.1) is 16.2 Å². The van der Waals surface area contributed by atoms with Gasteiger partial charge < -0.3 is 10.3 Å². The van der Waals surface area contributed by atoms with Gasteiger partial charge in [-0.1, -0.05) is 54.4 Å². The van der Waals surface area contributed by atoms with Crippen LogP contribution < -0.4 is 5.73 Å². The van der Waals surface area contributed by atoms with Crippen molar-refractivity contribution >= 4 is 22.2 Å². The molecule has 1 heterocycles. The quantitative estimate of drug-likeness (QED) is 0.674. The summed E-state index contributed by atoms with van der Waals surface area (Å²) in [6, 6.07) is 15.7. The van der Waals surface area contributed by atoms with Crippen molar-refractivity contribution in [1.29, 1.82) is 0 Å². The Morgan fingerprint density at radius 2 is 1.75 bits per heavy atom. The molecule has 0 atom stereocenters. The van der Waals surface area contributed by atoms with Gasteiger partial charge in [0.15, 0.2) is 15.7 Å². The largest absolute Gasteiger partial charge is 0.334 e. The number of benzene rings is 2. The van der Waals surface area contributed by atoms with Crippen molar-refractivity contribution in [2.45, 2.75) is 41.9 Å². The van der Waals surface area contributed by atoms with Gasteiger partial charge in [-0.15, -0.1) is 12.4 Å². The average Bonchev–Trinajstić information content (AvgIpc) is 3.33. The maximum atomic E-state index is 12.8. The summed E-state index contributed by atoms with van der Waals surface area (Å²) in [5.74, 6) is 0.726. The van der Waals surface area contributed by atoms with Gasteiger partial charge in [-0.3, -0.25) is 0 Å². The summed E-state index contributed by atoms with van der Waals surface area (Å²) in [6.07, 6.45) is 3.76. The molecule has 0 saturated heterocycles. The minimum absolute atomic E-state index is 0. The molecule has 3 aromatic rings. The first-order valence-electron chi connectivity index (χ1n) is 8.97. The van der Waals surface area contributed by atoms with E-state index in [-0.39, 0.29) is 23.1 Å². The van der Waals surface area contributed by atoms with E-state index >= 15 is 0 Å². The molecule has 0 aliphatic heterocycles. The molecule has 28 heavy (non-hydrogen) atoms. The molecule has 8 heteroatoms. The van der Waals surface area contributed by atoms with Crippen LogP contribution in [-0.2, 0) is 21.1 Å². The first-order chi connectivity index (χ1) is 13.0. The van der Waals surface area contributed by atoms with Gasteiger partial charge in [0, 0.05) is 5.56 Å². The van der Waals surface area contributed by atoms with E-state index in [2.05, 4.69) is 10.1 Å². The lowest BCUT2D eigenvalue weighted by molar-refractivity contribution is 0.372. The van der Waals surface area contributed by atoms with Crippen LogP contribution in [0.1, 0.15) is 37.1 Å².